The van der Waals surface area contributed by atoms with Gasteiger partial charge in [-0.15, -0.1) is 5.10 Å². The van der Waals surface area contributed by atoms with Gasteiger partial charge < -0.3 is 5.32 Å². The lowest BCUT2D eigenvalue weighted by Gasteiger charge is -2.13. The SMILES string of the molecule is CCc1nc(SCC(=O)Nc2ccccc2C(F)(F)F)n[nH]1. The van der Waals surface area contributed by atoms with E-state index in [1.165, 1.54) is 18.2 Å². The number of aromatic nitrogens is 3. The molecule has 2 rings (SSSR count). The van der Waals surface area contributed by atoms with E-state index in [1.54, 1.807) is 0 Å². The lowest BCUT2D eigenvalue weighted by atomic mass is 10.1. The number of amides is 1. The molecule has 2 N–H and O–H groups in total. The number of aromatic amines is 1. The van der Waals surface area contributed by atoms with Crippen LogP contribution < -0.4 is 5.32 Å². The van der Waals surface area contributed by atoms with E-state index in [0.717, 1.165) is 17.8 Å². The quantitative estimate of drug-likeness (QED) is 0.827. The topological polar surface area (TPSA) is 70.7 Å². The van der Waals surface area contributed by atoms with E-state index in [4.69, 9.17) is 0 Å². The summed E-state index contributed by atoms with van der Waals surface area (Å²) in [6.45, 7) is 1.90. The first-order valence-corrected chi connectivity index (χ1v) is 7.39. The fraction of sp³-hybridized carbons (Fsp3) is 0.308. The monoisotopic (exact) mass is 330 g/mol. The molecule has 1 amide bonds. The van der Waals surface area contributed by atoms with Crippen molar-refractivity contribution in [2.45, 2.75) is 24.7 Å². The molecule has 0 radical (unpaired) electrons. The maximum atomic E-state index is 12.8. The number of aryl methyl sites for hydroxylation is 1. The van der Waals surface area contributed by atoms with Crippen molar-refractivity contribution in [1.82, 2.24) is 15.2 Å². The van der Waals surface area contributed by atoms with Gasteiger partial charge >= 0.3 is 6.18 Å². The van der Waals surface area contributed by atoms with Gasteiger partial charge in [-0.25, -0.2) is 4.98 Å². The zero-order chi connectivity index (χ0) is 16.2. The van der Waals surface area contributed by atoms with Gasteiger partial charge in [0.25, 0.3) is 0 Å². The van der Waals surface area contributed by atoms with Gasteiger partial charge in [-0.3, -0.25) is 9.89 Å². The Hall–Kier alpha value is -2.03. The van der Waals surface area contributed by atoms with Crippen LogP contribution in [-0.4, -0.2) is 26.8 Å². The molecule has 0 saturated carbocycles. The predicted molar refractivity (Wildman–Crippen MR) is 76.6 cm³/mol. The lowest BCUT2D eigenvalue weighted by Crippen LogP contribution is -2.18. The second-order valence-corrected chi connectivity index (χ2v) is 5.24. The van der Waals surface area contributed by atoms with Crippen molar-refractivity contribution < 1.29 is 18.0 Å². The van der Waals surface area contributed by atoms with Crippen LogP contribution >= 0.6 is 11.8 Å². The number of hydrogen-bond acceptors (Lipinski definition) is 4. The van der Waals surface area contributed by atoms with Crippen LogP contribution in [0, 0.1) is 0 Å². The summed E-state index contributed by atoms with van der Waals surface area (Å²) >= 11 is 1.05. The fourth-order valence-corrected chi connectivity index (χ4v) is 2.27. The molecule has 0 aliphatic heterocycles. The lowest BCUT2D eigenvalue weighted by molar-refractivity contribution is -0.137. The van der Waals surface area contributed by atoms with Gasteiger partial charge in [0.15, 0.2) is 0 Å². The molecule has 0 bridgehead atoms. The van der Waals surface area contributed by atoms with Gasteiger partial charge in [0.2, 0.25) is 11.1 Å². The fourth-order valence-electron chi connectivity index (χ4n) is 1.66. The van der Waals surface area contributed by atoms with Crippen LogP contribution in [0.25, 0.3) is 0 Å². The van der Waals surface area contributed by atoms with Gasteiger partial charge in [0.05, 0.1) is 17.0 Å². The average Bonchev–Trinajstić information content (AvgIpc) is 2.92. The smallest absolute Gasteiger partial charge is 0.325 e. The number of benzene rings is 1. The second kappa shape index (κ2) is 6.82. The van der Waals surface area contributed by atoms with Crippen LogP contribution in [0.5, 0.6) is 0 Å². The Morgan fingerprint density at radius 3 is 2.73 bits per heavy atom. The highest BCUT2D eigenvalue weighted by Gasteiger charge is 2.33. The van der Waals surface area contributed by atoms with E-state index >= 15 is 0 Å². The Kier molecular flexibility index (Phi) is 5.07. The maximum absolute atomic E-state index is 12.8. The van der Waals surface area contributed by atoms with E-state index in [2.05, 4.69) is 20.5 Å². The van der Waals surface area contributed by atoms with Crippen LogP contribution in [0.15, 0.2) is 29.4 Å². The summed E-state index contributed by atoms with van der Waals surface area (Å²) in [5, 5.41) is 9.23. The molecule has 0 aliphatic carbocycles. The van der Waals surface area contributed by atoms with E-state index in [0.29, 0.717) is 17.4 Å². The number of para-hydroxylation sites is 1. The minimum atomic E-state index is -4.52. The Balaban J connectivity index is 1.98. The first kappa shape index (κ1) is 16.3. The number of rotatable bonds is 5. The first-order chi connectivity index (χ1) is 10.4. The molecule has 0 fully saturated rings. The molecule has 0 atom stereocenters. The first-order valence-electron chi connectivity index (χ1n) is 6.40. The van der Waals surface area contributed by atoms with Crippen molar-refractivity contribution in [3.05, 3.63) is 35.7 Å². The van der Waals surface area contributed by atoms with Gasteiger partial charge in [0.1, 0.15) is 5.82 Å². The van der Waals surface area contributed by atoms with Crippen LogP contribution in [-0.2, 0) is 17.4 Å². The molecule has 0 aliphatic rings. The third kappa shape index (κ3) is 4.23. The third-order valence-corrected chi connectivity index (χ3v) is 3.53. The van der Waals surface area contributed by atoms with E-state index in [9.17, 15) is 18.0 Å². The molecular formula is C13H13F3N4OS. The molecule has 0 saturated heterocycles. The van der Waals surface area contributed by atoms with Crippen molar-refractivity contribution in [2.75, 3.05) is 11.1 Å². The third-order valence-electron chi connectivity index (χ3n) is 2.69. The summed E-state index contributed by atoms with van der Waals surface area (Å²) < 4.78 is 38.4. The molecule has 118 valence electrons. The summed E-state index contributed by atoms with van der Waals surface area (Å²) in [6, 6.07) is 4.84. The van der Waals surface area contributed by atoms with Gasteiger partial charge in [0, 0.05) is 6.42 Å². The van der Waals surface area contributed by atoms with Crippen LogP contribution in [0.4, 0.5) is 18.9 Å². The summed E-state index contributed by atoms with van der Waals surface area (Å²) in [6.07, 6.45) is -3.84. The molecule has 22 heavy (non-hydrogen) atoms. The molecule has 2 aromatic rings. The second-order valence-electron chi connectivity index (χ2n) is 4.30. The van der Waals surface area contributed by atoms with Crippen LogP contribution in [0.2, 0.25) is 0 Å². The molecule has 9 heteroatoms. The van der Waals surface area contributed by atoms with Crippen molar-refractivity contribution in [2.24, 2.45) is 0 Å². The molecule has 0 spiro atoms. The van der Waals surface area contributed by atoms with Crippen molar-refractivity contribution >= 4 is 23.4 Å². The Morgan fingerprint density at radius 2 is 2.09 bits per heavy atom. The van der Waals surface area contributed by atoms with Crippen LogP contribution in [0.3, 0.4) is 0 Å². The van der Waals surface area contributed by atoms with Crippen molar-refractivity contribution in [1.29, 1.82) is 0 Å². The number of carbonyl (C=O) groups excluding carboxylic acids is 1. The number of anilines is 1. The zero-order valence-electron chi connectivity index (χ0n) is 11.6. The molecule has 0 unspecified atom stereocenters. The number of alkyl halides is 3. The summed E-state index contributed by atoms with van der Waals surface area (Å²) in [5.74, 6) is 0.0580. The molecule has 5 nitrogen and oxygen atoms in total. The average molecular weight is 330 g/mol. The highest BCUT2D eigenvalue weighted by molar-refractivity contribution is 7.99. The largest absolute Gasteiger partial charge is 0.418 e. The number of nitrogens with zero attached hydrogens (tertiary/aromatic N) is 2. The zero-order valence-corrected chi connectivity index (χ0v) is 12.4. The van der Waals surface area contributed by atoms with Crippen molar-refractivity contribution in [3.8, 4) is 0 Å². The van der Waals surface area contributed by atoms with Crippen molar-refractivity contribution in [3.63, 3.8) is 0 Å². The number of nitrogens with one attached hydrogen (secondary N) is 2. The minimum absolute atomic E-state index is 0.0762. The normalized spacial score (nSPS) is 11.5. The highest BCUT2D eigenvalue weighted by Crippen LogP contribution is 2.34. The van der Waals surface area contributed by atoms with Crippen LogP contribution in [0.1, 0.15) is 18.3 Å². The van der Waals surface area contributed by atoms with E-state index in [1.807, 2.05) is 6.92 Å². The van der Waals surface area contributed by atoms with Gasteiger partial charge in [-0.2, -0.15) is 13.2 Å². The Morgan fingerprint density at radius 1 is 1.36 bits per heavy atom. The summed E-state index contributed by atoms with van der Waals surface area (Å²) in [4.78, 5) is 15.9. The number of halogens is 3. The predicted octanol–water partition coefficient (Wildman–Crippen LogP) is 3.12. The molecular weight excluding hydrogens is 317 g/mol. The standard InChI is InChI=1S/C13H13F3N4OS/c1-2-10-18-12(20-19-10)22-7-11(21)17-9-6-4-3-5-8(9)13(14,15)16/h3-6H,2,7H2,1H3,(H,17,21)(H,18,19,20). The summed E-state index contributed by atoms with van der Waals surface area (Å²) in [5.41, 5.74) is -1.13. The maximum Gasteiger partial charge on any atom is 0.418 e. The summed E-state index contributed by atoms with van der Waals surface area (Å²) in [7, 11) is 0. The molecule has 1 aromatic carbocycles. The highest BCUT2D eigenvalue weighted by atomic mass is 32.2. The van der Waals surface area contributed by atoms with E-state index < -0.39 is 17.6 Å². The Bertz CT molecular complexity index is 657. The van der Waals surface area contributed by atoms with Gasteiger partial charge in [-0.1, -0.05) is 30.8 Å². The number of hydrogen-bond donors (Lipinski definition) is 2. The Labute approximate surface area is 128 Å². The number of thioether (sulfide) groups is 1. The number of H-pyrrole nitrogens is 1. The van der Waals surface area contributed by atoms with E-state index in [-0.39, 0.29) is 11.4 Å². The molecule has 1 aromatic heterocycles. The number of carbonyl (C=O) groups is 1. The van der Waals surface area contributed by atoms with Gasteiger partial charge in [-0.05, 0) is 12.1 Å². The minimum Gasteiger partial charge on any atom is -0.325 e. The molecule has 1 heterocycles.